The van der Waals surface area contributed by atoms with Crippen molar-refractivity contribution >= 4 is 5.91 Å². The van der Waals surface area contributed by atoms with Gasteiger partial charge in [-0.05, 0) is 61.5 Å². The minimum absolute atomic E-state index is 0.000597. The van der Waals surface area contributed by atoms with Crippen LogP contribution < -0.4 is 10.1 Å². The van der Waals surface area contributed by atoms with E-state index in [-0.39, 0.29) is 11.9 Å². The zero-order valence-electron chi connectivity index (χ0n) is 16.6. The molecule has 0 atom stereocenters. The molecule has 1 aliphatic carbocycles. The van der Waals surface area contributed by atoms with Gasteiger partial charge in [-0.2, -0.15) is 0 Å². The van der Waals surface area contributed by atoms with Gasteiger partial charge in [-0.3, -0.25) is 4.79 Å². The van der Waals surface area contributed by atoms with E-state index < -0.39 is 0 Å². The molecular weight excluding hydrogens is 310 g/mol. The van der Waals surface area contributed by atoms with Crippen molar-refractivity contribution < 1.29 is 9.53 Å². The zero-order chi connectivity index (χ0) is 18.4. The number of nitrogens with one attached hydrogen (secondary N) is 1. The Balaban J connectivity index is 1.91. The summed E-state index contributed by atoms with van der Waals surface area (Å²) in [4.78, 5) is 12.7. The number of para-hydroxylation sites is 1. The van der Waals surface area contributed by atoms with Crippen molar-refractivity contribution in [3.63, 3.8) is 0 Å². The smallest absolute Gasteiger partial charge is 0.255 e. The van der Waals surface area contributed by atoms with Crippen LogP contribution in [0, 0.1) is 17.3 Å². The summed E-state index contributed by atoms with van der Waals surface area (Å²) < 4.78 is 5.86. The van der Waals surface area contributed by atoms with Crippen molar-refractivity contribution in [2.24, 2.45) is 17.3 Å². The lowest BCUT2D eigenvalue weighted by Crippen LogP contribution is -2.39. The van der Waals surface area contributed by atoms with Crippen molar-refractivity contribution in [3.8, 4) is 5.75 Å². The molecular formula is C22H35NO2. The van der Waals surface area contributed by atoms with Crippen LogP contribution in [0.1, 0.15) is 77.1 Å². The number of rotatable bonds is 6. The third-order valence-electron chi connectivity index (χ3n) is 5.37. The summed E-state index contributed by atoms with van der Waals surface area (Å²) in [5.74, 6) is 2.05. The summed E-state index contributed by atoms with van der Waals surface area (Å²) in [7, 11) is 0. The molecule has 0 spiro atoms. The second-order valence-electron chi connectivity index (χ2n) is 8.92. The molecule has 3 nitrogen and oxygen atoms in total. The molecule has 25 heavy (non-hydrogen) atoms. The Labute approximate surface area is 153 Å². The summed E-state index contributed by atoms with van der Waals surface area (Å²) in [6.45, 7) is 12.0. The SMILES string of the molecule is CC(C)CCOc1ccccc1C(=O)NC1CCC(C(C)(C)C)CC1. The van der Waals surface area contributed by atoms with Crippen molar-refractivity contribution in [2.75, 3.05) is 6.61 Å². The Kier molecular flexibility index (Phi) is 6.92. The molecule has 1 N–H and O–H groups in total. The molecule has 1 saturated carbocycles. The number of carbonyl (C=O) groups is 1. The van der Waals surface area contributed by atoms with Gasteiger partial charge in [0.1, 0.15) is 5.75 Å². The molecule has 1 aromatic rings. The lowest BCUT2D eigenvalue weighted by atomic mass is 9.71. The first-order valence-electron chi connectivity index (χ1n) is 9.80. The number of benzene rings is 1. The molecule has 1 amide bonds. The van der Waals surface area contributed by atoms with Crippen LogP contribution in [0.2, 0.25) is 0 Å². The molecule has 1 fully saturated rings. The van der Waals surface area contributed by atoms with Crippen LogP contribution in [0.25, 0.3) is 0 Å². The second-order valence-corrected chi connectivity index (χ2v) is 8.92. The van der Waals surface area contributed by atoms with Gasteiger partial charge in [0.2, 0.25) is 0 Å². The summed E-state index contributed by atoms with van der Waals surface area (Å²) in [5.41, 5.74) is 1.02. The van der Waals surface area contributed by atoms with Gasteiger partial charge in [-0.25, -0.2) is 0 Å². The largest absolute Gasteiger partial charge is 0.493 e. The number of carbonyl (C=O) groups excluding carboxylic acids is 1. The highest BCUT2D eigenvalue weighted by Gasteiger charge is 2.30. The van der Waals surface area contributed by atoms with Crippen LogP contribution in [0.15, 0.2) is 24.3 Å². The molecule has 1 aromatic carbocycles. The van der Waals surface area contributed by atoms with E-state index in [9.17, 15) is 4.79 Å². The lowest BCUT2D eigenvalue weighted by molar-refractivity contribution is 0.0900. The highest BCUT2D eigenvalue weighted by molar-refractivity contribution is 5.97. The molecule has 0 aliphatic heterocycles. The van der Waals surface area contributed by atoms with Gasteiger partial charge >= 0.3 is 0 Å². The standard InChI is InChI=1S/C22H35NO2/c1-16(2)14-15-25-20-9-7-6-8-19(20)21(24)23-18-12-10-17(11-13-18)22(3,4)5/h6-9,16-18H,10-15H2,1-5H3,(H,23,24). The summed E-state index contributed by atoms with van der Waals surface area (Å²) in [6, 6.07) is 7.87. The van der Waals surface area contributed by atoms with Gasteiger partial charge in [-0.15, -0.1) is 0 Å². The first-order chi connectivity index (χ1) is 11.8. The molecule has 0 saturated heterocycles. The predicted molar refractivity (Wildman–Crippen MR) is 104 cm³/mol. The van der Waals surface area contributed by atoms with E-state index in [1.807, 2.05) is 24.3 Å². The van der Waals surface area contributed by atoms with Crippen molar-refractivity contribution in [1.29, 1.82) is 0 Å². The van der Waals surface area contributed by atoms with Crippen LogP contribution in [0.4, 0.5) is 0 Å². The fourth-order valence-electron chi connectivity index (χ4n) is 3.55. The Bertz CT molecular complexity index is 551. The van der Waals surface area contributed by atoms with E-state index in [2.05, 4.69) is 39.9 Å². The Hall–Kier alpha value is -1.51. The van der Waals surface area contributed by atoms with E-state index in [0.717, 1.165) is 25.2 Å². The average molecular weight is 346 g/mol. The van der Waals surface area contributed by atoms with E-state index >= 15 is 0 Å². The fraction of sp³-hybridized carbons (Fsp3) is 0.682. The van der Waals surface area contributed by atoms with E-state index in [0.29, 0.717) is 29.3 Å². The maximum atomic E-state index is 12.7. The molecule has 0 radical (unpaired) electrons. The van der Waals surface area contributed by atoms with Crippen molar-refractivity contribution in [3.05, 3.63) is 29.8 Å². The molecule has 1 aliphatic rings. The normalized spacial score (nSPS) is 21.2. The maximum Gasteiger partial charge on any atom is 0.255 e. The zero-order valence-corrected chi connectivity index (χ0v) is 16.6. The van der Waals surface area contributed by atoms with Crippen LogP contribution in [-0.4, -0.2) is 18.6 Å². The van der Waals surface area contributed by atoms with E-state index in [4.69, 9.17) is 4.74 Å². The summed E-state index contributed by atoms with van der Waals surface area (Å²) in [5, 5.41) is 3.23. The first-order valence-corrected chi connectivity index (χ1v) is 9.80. The molecule has 0 aromatic heterocycles. The summed E-state index contributed by atoms with van der Waals surface area (Å²) >= 11 is 0. The monoisotopic (exact) mass is 345 g/mol. The van der Waals surface area contributed by atoms with Crippen LogP contribution in [0.5, 0.6) is 5.75 Å². The molecule has 0 unspecified atom stereocenters. The van der Waals surface area contributed by atoms with Gasteiger partial charge in [0.25, 0.3) is 5.91 Å². The first kappa shape index (κ1) is 19.8. The average Bonchev–Trinajstić information content (AvgIpc) is 2.54. The lowest BCUT2D eigenvalue weighted by Gasteiger charge is -2.37. The molecule has 3 heteroatoms. The number of hydrogen-bond acceptors (Lipinski definition) is 2. The Morgan fingerprint density at radius 2 is 1.80 bits per heavy atom. The van der Waals surface area contributed by atoms with Gasteiger partial charge in [0.15, 0.2) is 0 Å². The highest BCUT2D eigenvalue weighted by atomic mass is 16.5. The quantitative estimate of drug-likeness (QED) is 0.745. The van der Waals surface area contributed by atoms with E-state index in [1.54, 1.807) is 0 Å². The molecule has 0 heterocycles. The molecule has 140 valence electrons. The predicted octanol–water partition coefficient (Wildman–Crippen LogP) is 5.45. The number of hydrogen-bond donors (Lipinski definition) is 1. The third-order valence-corrected chi connectivity index (χ3v) is 5.37. The molecule has 2 rings (SSSR count). The minimum Gasteiger partial charge on any atom is -0.493 e. The third kappa shape index (κ3) is 6.05. The maximum absolute atomic E-state index is 12.7. The van der Waals surface area contributed by atoms with Gasteiger partial charge < -0.3 is 10.1 Å². The van der Waals surface area contributed by atoms with Gasteiger partial charge in [0.05, 0.1) is 12.2 Å². The minimum atomic E-state index is -0.000597. The van der Waals surface area contributed by atoms with Crippen molar-refractivity contribution in [1.82, 2.24) is 5.32 Å². The summed E-state index contributed by atoms with van der Waals surface area (Å²) in [6.07, 6.45) is 5.53. The Morgan fingerprint density at radius 3 is 2.40 bits per heavy atom. The highest BCUT2D eigenvalue weighted by Crippen LogP contribution is 2.37. The Morgan fingerprint density at radius 1 is 1.16 bits per heavy atom. The molecule has 0 bridgehead atoms. The number of amides is 1. The van der Waals surface area contributed by atoms with Gasteiger partial charge in [-0.1, -0.05) is 46.8 Å². The van der Waals surface area contributed by atoms with Crippen LogP contribution >= 0.6 is 0 Å². The van der Waals surface area contributed by atoms with Crippen molar-refractivity contribution in [2.45, 2.75) is 72.8 Å². The van der Waals surface area contributed by atoms with Crippen LogP contribution in [0.3, 0.4) is 0 Å². The number of ether oxygens (including phenoxy) is 1. The second kappa shape index (κ2) is 8.73. The van der Waals surface area contributed by atoms with E-state index in [1.165, 1.54) is 12.8 Å². The topological polar surface area (TPSA) is 38.3 Å². The van der Waals surface area contributed by atoms with Gasteiger partial charge in [0, 0.05) is 6.04 Å². The fourth-order valence-corrected chi connectivity index (χ4v) is 3.55. The van der Waals surface area contributed by atoms with Crippen LogP contribution in [-0.2, 0) is 0 Å².